The Morgan fingerprint density at radius 2 is 1.45 bits per heavy atom. The first-order chi connectivity index (χ1) is 13.7. The fourth-order valence-electron chi connectivity index (χ4n) is 2.51. The zero-order chi connectivity index (χ0) is 21.0. The van der Waals surface area contributed by atoms with Gasteiger partial charge in [0.2, 0.25) is 0 Å². The van der Waals surface area contributed by atoms with Crippen molar-refractivity contribution in [2.24, 2.45) is 0 Å². The Balaban J connectivity index is 1.80. The summed E-state index contributed by atoms with van der Waals surface area (Å²) in [4.78, 5) is 11.5. The first-order valence-corrected chi connectivity index (χ1v) is 9.06. The van der Waals surface area contributed by atoms with Gasteiger partial charge in [0.25, 0.3) is 0 Å². The van der Waals surface area contributed by atoms with E-state index in [-0.39, 0.29) is 5.75 Å². The standard InChI is InChI=1S/C21H14BrF3O4/c1-27-20(26)14-4-7-16(8-5-14)28-19-12-15(6-11-18(19)22)13-2-9-17(10-3-13)29-21(23,24)25/h2-12H,1H3. The normalized spacial score (nSPS) is 11.1. The summed E-state index contributed by atoms with van der Waals surface area (Å²) in [6.07, 6.45) is -4.73. The molecule has 0 heterocycles. The molecule has 0 unspecified atom stereocenters. The van der Waals surface area contributed by atoms with Crippen molar-refractivity contribution in [3.63, 3.8) is 0 Å². The zero-order valence-electron chi connectivity index (χ0n) is 15.0. The molecule has 8 heteroatoms. The van der Waals surface area contributed by atoms with Crippen LogP contribution in [-0.2, 0) is 4.74 Å². The molecule has 3 aromatic rings. The molecule has 0 fully saturated rings. The number of ether oxygens (including phenoxy) is 3. The Morgan fingerprint density at radius 1 is 0.862 bits per heavy atom. The lowest BCUT2D eigenvalue weighted by Gasteiger charge is -2.12. The number of carbonyl (C=O) groups excluding carboxylic acids is 1. The van der Waals surface area contributed by atoms with Gasteiger partial charge in [0.1, 0.15) is 17.2 Å². The summed E-state index contributed by atoms with van der Waals surface area (Å²) >= 11 is 3.41. The van der Waals surface area contributed by atoms with E-state index in [1.165, 1.54) is 31.4 Å². The molecule has 0 aromatic heterocycles. The SMILES string of the molecule is COC(=O)c1ccc(Oc2cc(-c3ccc(OC(F)(F)F)cc3)ccc2Br)cc1. The first kappa shape index (κ1) is 20.7. The molecule has 0 radical (unpaired) electrons. The largest absolute Gasteiger partial charge is 0.573 e. The molecule has 0 saturated heterocycles. The highest BCUT2D eigenvalue weighted by molar-refractivity contribution is 9.10. The number of alkyl halides is 3. The molecule has 0 N–H and O–H groups in total. The number of halogens is 4. The van der Waals surface area contributed by atoms with Gasteiger partial charge < -0.3 is 14.2 Å². The van der Waals surface area contributed by atoms with E-state index in [9.17, 15) is 18.0 Å². The van der Waals surface area contributed by atoms with Crippen LogP contribution < -0.4 is 9.47 Å². The van der Waals surface area contributed by atoms with Crippen LogP contribution in [0.3, 0.4) is 0 Å². The Hall–Kier alpha value is -3.00. The quantitative estimate of drug-likeness (QED) is 0.397. The molecule has 0 spiro atoms. The van der Waals surface area contributed by atoms with Gasteiger partial charge in [0.15, 0.2) is 0 Å². The summed E-state index contributed by atoms with van der Waals surface area (Å²) in [5.74, 6) is 0.270. The lowest BCUT2D eigenvalue weighted by atomic mass is 10.1. The molecule has 0 bridgehead atoms. The molecule has 0 amide bonds. The molecule has 150 valence electrons. The third-order valence-corrected chi connectivity index (χ3v) is 4.51. The number of benzene rings is 3. The van der Waals surface area contributed by atoms with Crippen LogP contribution in [0.5, 0.6) is 17.2 Å². The number of carbonyl (C=O) groups is 1. The maximum atomic E-state index is 12.3. The molecule has 0 aliphatic heterocycles. The van der Waals surface area contributed by atoms with E-state index in [2.05, 4.69) is 25.4 Å². The van der Waals surface area contributed by atoms with E-state index >= 15 is 0 Å². The molecular weight excluding hydrogens is 453 g/mol. The van der Waals surface area contributed by atoms with Crippen LogP contribution >= 0.6 is 15.9 Å². The number of hydrogen-bond acceptors (Lipinski definition) is 4. The summed E-state index contributed by atoms with van der Waals surface area (Å²) in [5, 5.41) is 0. The highest BCUT2D eigenvalue weighted by atomic mass is 79.9. The van der Waals surface area contributed by atoms with Crippen molar-refractivity contribution in [1.82, 2.24) is 0 Å². The Morgan fingerprint density at radius 3 is 2.03 bits per heavy atom. The van der Waals surface area contributed by atoms with Gasteiger partial charge in [-0.25, -0.2) is 4.79 Å². The average Bonchev–Trinajstić information content (AvgIpc) is 2.69. The highest BCUT2D eigenvalue weighted by Gasteiger charge is 2.30. The summed E-state index contributed by atoms with van der Waals surface area (Å²) in [6, 6.07) is 17.3. The summed E-state index contributed by atoms with van der Waals surface area (Å²) < 4.78 is 52.0. The van der Waals surface area contributed by atoms with Crippen molar-refractivity contribution in [2.45, 2.75) is 6.36 Å². The van der Waals surface area contributed by atoms with Gasteiger partial charge in [0.05, 0.1) is 17.1 Å². The van der Waals surface area contributed by atoms with E-state index in [4.69, 9.17) is 4.74 Å². The van der Waals surface area contributed by atoms with Gasteiger partial charge in [-0.1, -0.05) is 18.2 Å². The second kappa shape index (κ2) is 8.57. The smallest absolute Gasteiger partial charge is 0.465 e. The topological polar surface area (TPSA) is 44.8 Å². The van der Waals surface area contributed by atoms with Gasteiger partial charge in [-0.15, -0.1) is 13.2 Å². The van der Waals surface area contributed by atoms with Crippen LogP contribution in [-0.4, -0.2) is 19.4 Å². The van der Waals surface area contributed by atoms with Gasteiger partial charge in [-0.05, 0) is 75.6 Å². The van der Waals surface area contributed by atoms with Crippen LogP contribution in [0, 0.1) is 0 Å². The third kappa shape index (κ3) is 5.51. The van der Waals surface area contributed by atoms with Crippen molar-refractivity contribution < 1.29 is 32.2 Å². The summed E-state index contributed by atoms with van der Waals surface area (Å²) in [7, 11) is 1.30. The molecule has 0 aliphatic carbocycles. The summed E-state index contributed by atoms with van der Waals surface area (Å²) in [6.45, 7) is 0. The van der Waals surface area contributed by atoms with Gasteiger partial charge >= 0.3 is 12.3 Å². The van der Waals surface area contributed by atoms with Crippen molar-refractivity contribution in [2.75, 3.05) is 7.11 Å². The van der Waals surface area contributed by atoms with Crippen molar-refractivity contribution in [3.05, 3.63) is 76.8 Å². The Bertz CT molecular complexity index is 1000. The minimum Gasteiger partial charge on any atom is -0.465 e. The Kier molecular flexibility index (Phi) is 6.12. The number of hydrogen-bond donors (Lipinski definition) is 0. The van der Waals surface area contributed by atoms with E-state index in [0.29, 0.717) is 27.1 Å². The lowest BCUT2D eigenvalue weighted by Crippen LogP contribution is -2.16. The second-order valence-electron chi connectivity index (χ2n) is 5.84. The zero-order valence-corrected chi connectivity index (χ0v) is 16.6. The van der Waals surface area contributed by atoms with Gasteiger partial charge in [0, 0.05) is 0 Å². The molecule has 3 aromatic carbocycles. The number of rotatable bonds is 5. The maximum Gasteiger partial charge on any atom is 0.573 e. The Labute approximate surface area is 173 Å². The highest BCUT2D eigenvalue weighted by Crippen LogP contribution is 2.35. The predicted octanol–water partition coefficient (Wildman–Crippen LogP) is 6.59. The minimum absolute atomic E-state index is 0.291. The molecule has 0 saturated carbocycles. The molecule has 0 aliphatic rings. The van der Waals surface area contributed by atoms with Crippen LogP contribution in [0.4, 0.5) is 13.2 Å². The number of methoxy groups -OCH3 is 1. The van der Waals surface area contributed by atoms with Crippen molar-refractivity contribution in [3.8, 4) is 28.4 Å². The van der Waals surface area contributed by atoms with Crippen LogP contribution in [0.1, 0.15) is 10.4 Å². The van der Waals surface area contributed by atoms with Crippen LogP contribution in [0.2, 0.25) is 0 Å². The number of esters is 1. The van der Waals surface area contributed by atoms with Crippen LogP contribution in [0.25, 0.3) is 11.1 Å². The van der Waals surface area contributed by atoms with Crippen molar-refractivity contribution in [1.29, 1.82) is 0 Å². The fourth-order valence-corrected chi connectivity index (χ4v) is 2.84. The predicted molar refractivity (Wildman–Crippen MR) is 104 cm³/mol. The van der Waals surface area contributed by atoms with E-state index in [1.54, 1.807) is 42.5 Å². The summed E-state index contributed by atoms with van der Waals surface area (Å²) in [5.41, 5.74) is 1.83. The first-order valence-electron chi connectivity index (χ1n) is 8.27. The minimum atomic E-state index is -4.73. The molecule has 29 heavy (non-hydrogen) atoms. The maximum absolute atomic E-state index is 12.3. The molecule has 4 nitrogen and oxygen atoms in total. The van der Waals surface area contributed by atoms with E-state index in [0.717, 1.165) is 5.56 Å². The molecular formula is C21H14BrF3O4. The van der Waals surface area contributed by atoms with Crippen molar-refractivity contribution >= 4 is 21.9 Å². The monoisotopic (exact) mass is 466 g/mol. The van der Waals surface area contributed by atoms with Gasteiger partial charge in [-0.3, -0.25) is 0 Å². The van der Waals surface area contributed by atoms with Crippen LogP contribution in [0.15, 0.2) is 71.2 Å². The van der Waals surface area contributed by atoms with Gasteiger partial charge in [-0.2, -0.15) is 0 Å². The second-order valence-corrected chi connectivity index (χ2v) is 6.69. The molecule has 3 rings (SSSR count). The fraction of sp³-hybridized carbons (Fsp3) is 0.0952. The average molecular weight is 467 g/mol. The van der Waals surface area contributed by atoms with E-state index < -0.39 is 12.3 Å². The lowest BCUT2D eigenvalue weighted by molar-refractivity contribution is -0.274. The van der Waals surface area contributed by atoms with E-state index in [1.807, 2.05) is 0 Å². The molecule has 0 atom stereocenters. The third-order valence-electron chi connectivity index (χ3n) is 3.86.